The highest BCUT2D eigenvalue weighted by molar-refractivity contribution is 7.90. The molecule has 1 heterocycles. The van der Waals surface area contributed by atoms with E-state index in [0.29, 0.717) is 37.1 Å². The van der Waals surface area contributed by atoms with E-state index in [1.807, 2.05) is 4.90 Å². The summed E-state index contributed by atoms with van der Waals surface area (Å²) in [6.07, 6.45) is -3.06. The molecule has 0 spiro atoms. The maximum atomic E-state index is 15.7. The molecule has 2 saturated carbocycles. The smallest absolute Gasteiger partial charge is 0.416 e. The van der Waals surface area contributed by atoms with Crippen molar-refractivity contribution in [3.05, 3.63) is 76.6 Å². The van der Waals surface area contributed by atoms with Gasteiger partial charge in [0.2, 0.25) is 5.95 Å². The van der Waals surface area contributed by atoms with Crippen LogP contribution in [0.1, 0.15) is 60.9 Å². The molecule has 16 heteroatoms. The quantitative estimate of drug-likeness (QED) is 0.160. The number of sulfone groups is 1. The number of nitrogens with zero attached hydrogens (tertiary/aromatic N) is 4. The summed E-state index contributed by atoms with van der Waals surface area (Å²) in [5.41, 5.74) is -3.21. The molecule has 5 rings (SSSR count). The van der Waals surface area contributed by atoms with Crippen molar-refractivity contribution in [2.45, 2.75) is 57.5 Å². The molecule has 0 saturated heterocycles. The highest BCUT2D eigenvalue weighted by atomic mass is 32.2. The average Bonchev–Trinajstić information content (AvgIpc) is 3.91. The van der Waals surface area contributed by atoms with E-state index in [0.717, 1.165) is 56.5 Å². The first-order valence-electron chi connectivity index (χ1n) is 15.3. The summed E-state index contributed by atoms with van der Waals surface area (Å²) in [4.78, 5) is 11.5. The van der Waals surface area contributed by atoms with E-state index < -0.39 is 51.0 Å². The summed E-state index contributed by atoms with van der Waals surface area (Å²) in [7, 11) is -3.35. The predicted octanol–water partition coefficient (Wildman–Crippen LogP) is 7.61. The predicted molar refractivity (Wildman–Crippen MR) is 162 cm³/mol. The molecule has 48 heavy (non-hydrogen) atoms. The highest BCUT2D eigenvalue weighted by Crippen LogP contribution is 2.41. The van der Waals surface area contributed by atoms with Gasteiger partial charge in [-0.25, -0.2) is 27.2 Å². The van der Waals surface area contributed by atoms with Crippen LogP contribution in [-0.2, 0) is 28.7 Å². The fraction of sp³-hybridized carbons (Fsp3) is 0.500. The first-order chi connectivity index (χ1) is 22.4. The summed E-state index contributed by atoms with van der Waals surface area (Å²) in [6.45, 7) is 1.76. The third kappa shape index (κ3) is 9.47. The summed E-state index contributed by atoms with van der Waals surface area (Å²) < 4.78 is 142. The van der Waals surface area contributed by atoms with Gasteiger partial charge in [-0.1, -0.05) is 0 Å². The fourth-order valence-electron chi connectivity index (χ4n) is 5.38. The molecule has 0 amide bonds. The Balaban J connectivity index is 1.57. The van der Waals surface area contributed by atoms with Gasteiger partial charge in [-0.3, -0.25) is 0 Å². The average molecular weight is 707 g/mol. The fourth-order valence-corrected chi connectivity index (χ4v) is 5.77. The van der Waals surface area contributed by atoms with Gasteiger partial charge in [-0.05, 0) is 74.3 Å². The number of hydrogen-bond acceptors (Lipinski definition) is 7. The minimum atomic E-state index is -5.10. The van der Waals surface area contributed by atoms with E-state index in [1.165, 1.54) is 11.8 Å². The third-order valence-electron chi connectivity index (χ3n) is 8.27. The van der Waals surface area contributed by atoms with Crippen molar-refractivity contribution in [2.24, 2.45) is 11.8 Å². The maximum absolute atomic E-state index is 15.7. The topological polar surface area (TPSA) is 75.6 Å². The second-order valence-corrected chi connectivity index (χ2v) is 14.8. The van der Waals surface area contributed by atoms with E-state index in [9.17, 15) is 39.2 Å². The lowest BCUT2D eigenvalue weighted by molar-refractivity contribution is -0.143. The second-order valence-electron chi connectivity index (χ2n) is 12.5. The molecule has 2 fully saturated rings. The highest BCUT2D eigenvalue weighted by Gasteiger charge is 2.38. The van der Waals surface area contributed by atoms with Gasteiger partial charge >= 0.3 is 12.4 Å². The van der Waals surface area contributed by atoms with Crippen LogP contribution in [0.3, 0.4) is 0 Å². The largest absolute Gasteiger partial charge is 0.489 e. The van der Waals surface area contributed by atoms with Crippen LogP contribution >= 0.6 is 0 Å². The number of aromatic nitrogens is 2. The number of anilines is 2. The van der Waals surface area contributed by atoms with Crippen molar-refractivity contribution in [2.75, 3.05) is 41.5 Å². The van der Waals surface area contributed by atoms with Crippen LogP contribution in [0.25, 0.3) is 0 Å². The zero-order valence-corrected chi connectivity index (χ0v) is 26.9. The van der Waals surface area contributed by atoms with Gasteiger partial charge in [-0.2, -0.15) is 26.3 Å². The molecule has 2 aliphatic carbocycles. The van der Waals surface area contributed by atoms with Gasteiger partial charge in [0.25, 0.3) is 0 Å². The van der Waals surface area contributed by atoms with Crippen molar-refractivity contribution in [3.8, 4) is 5.75 Å². The SMILES string of the molecule is CC(c1cc(C(F)(F)F)cc(C(F)(F)F)c1)N(Cc1cc(F)cc(F)c1N(CC1CC1)CC1CC1)c1ncc(OCCS(C)(=O)=O)cn1. The Morgan fingerprint density at radius 1 is 0.875 bits per heavy atom. The standard InChI is InChI=1S/C32H34F8N4O3S/c1-19(22-9-24(31(35,36)37)12-25(10-22)32(38,39)40)44(30-41-14-27(15-42-30)47-7-8-48(2,45)46)18-23-11-26(33)13-28(34)29(23)43(16-20-3-4-20)17-21-5-6-21/h9-15,19-21H,3-8,16-18H2,1-2H3. The molecule has 0 aliphatic heterocycles. The number of ether oxygens (including phenoxy) is 1. The van der Waals surface area contributed by atoms with Crippen molar-refractivity contribution in [3.63, 3.8) is 0 Å². The van der Waals surface area contributed by atoms with Crippen LogP contribution in [0, 0.1) is 23.5 Å². The Morgan fingerprint density at radius 2 is 1.42 bits per heavy atom. The van der Waals surface area contributed by atoms with Crippen LogP contribution < -0.4 is 14.5 Å². The van der Waals surface area contributed by atoms with Crippen molar-refractivity contribution in [1.29, 1.82) is 0 Å². The number of halogens is 8. The summed E-state index contributed by atoms with van der Waals surface area (Å²) in [5, 5.41) is 0. The molecule has 2 aliphatic rings. The van der Waals surface area contributed by atoms with Gasteiger partial charge in [0.05, 0.1) is 41.0 Å². The van der Waals surface area contributed by atoms with Gasteiger partial charge < -0.3 is 14.5 Å². The van der Waals surface area contributed by atoms with E-state index in [-0.39, 0.29) is 53.5 Å². The molecule has 1 aromatic heterocycles. The molecular formula is C32H34F8N4O3S. The molecule has 1 unspecified atom stereocenters. The Hall–Kier alpha value is -3.69. The molecule has 262 valence electrons. The van der Waals surface area contributed by atoms with Crippen LogP contribution in [0.5, 0.6) is 5.75 Å². The van der Waals surface area contributed by atoms with Crippen molar-refractivity contribution >= 4 is 21.5 Å². The van der Waals surface area contributed by atoms with Crippen LogP contribution in [0.15, 0.2) is 42.7 Å². The third-order valence-corrected chi connectivity index (χ3v) is 9.18. The second kappa shape index (κ2) is 13.7. The number of alkyl halides is 6. The Bertz CT molecular complexity index is 1660. The van der Waals surface area contributed by atoms with Crippen LogP contribution in [0.2, 0.25) is 0 Å². The van der Waals surface area contributed by atoms with Gasteiger partial charge in [-0.15, -0.1) is 0 Å². The van der Waals surface area contributed by atoms with E-state index in [2.05, 4.69) is 9.97 Å². The first-order valence-corrected chi connectivity index (χ1v) is 17.3. The minimum Gasteiger partial charge on any atom is -0.489 e. The summed E-state index contributed by atoms with van der Waals surface area (Å²) in [6, 6.07) is 1.78. The number of benzene rings is 2. The lowest BCUT2D eigenvalue weighted by Crippen LogP contribution is -2.33. The molecule has 0 bridgehead atoms. The Labute approximate surface area is 272 Å². The molecule has 7 nitrogen and oxygen atoms in total. The zero-order valence-electron chi connectivity index (χ0n) is 26.1. The summed E-state index contributed by atoms with van der Waals surface area (Å²) >= 11 is 0. The normalized spacial score (nSPS) is 16.1. The number of hydrogen-bond donors (Lipinski definition) is 0. The molecule has 0 N–H and O–H groups in total. The minimum absolute atomic E-state index is 0.0212. The van der Waals surface area contributed by atoms with Crippen molar-refractivity contribution in [1.82, 2.24) is 9.97 Å². The van der Waals surface area contributed by atoms with E-state index in [1.54, 1.807) is 0 Å². The molecule has 1 atom stereocenters. The Kier molecular flexibility index (Phi) is 10.1. The van der Waals surface area contributed by atoms with Crippen LogP contribution in [0.4, 0.5) is 46.8 Å². The van der Waals surface area contributed by atoms with E-state index >= 15 is 4.39 Å². The lowest BCUT2D eigenvalue weighted by Gasteiger charge is -2.33. The molecular weight excluding hydrogens is 672 g/mol. The number of rotatable bonds is 14. The van der Waals surface area contributed by atoms with Gasteiger partial charge in [0.1, 0.15) is 18.2 Å². The molecule has 0 radical (unpaired) electrons. The Morgan fingerprint density at radius 3 is 1.90 bits per heavy atom. The van der Waals surface area contributed by atoms with Crippen LogP contribution in [-0.4, -0.2) is 50.1 Å². The zero-order chi connectivity index (χ0) is 35.0. The van der Waals surface area contributed by atoms with Crippen molar-refractivity contribution < 1.29 is 48.3 Å². The van der Waals surface area contributed by atoms with Gasteiger partial charge in [0.15, 0.2) is 15.6 Å². The van der Waals surface area contributed by atoms with E-state index in [4.69, 9.17) is 4.74 Å². The molecule has 2 aromatic carbocycles. The summed E-state index contributed by atoms with van der Waals surface area (Å²) in [5.74, 6) is -1.55. The lowest BCUT2D eigenvalue weighted by atomic mass is 9.98. The monoisotopic (exact) mass is 706 g/mol. The maximum Gasteiger partial charge on any atom is 0.416 e. The first kappa shape index (κ1) is 35.6. The molecule has 3 aromatic rings. The van der Waals surface area contributed by atoms with Gasteiger partial charge in [0, 0.05) is 37.5 Å².